The number of hydrogen-bond acceptors (Lipinski definition) is 5. The van der Waals surface area contributed by atoms with E-state index in [1.165, 1.54) is 0 Å². The van der Waals surface area contributed by atoms with Crippen molar-refractivity contribution in [2.75, 3.05) is 19.7 Å². The van der Waals surface area contributed by atoms with E-state index in [0.717, 1.165) is 25.9 Å². The predicted molar refractivity (Wildman–Crippen MR) is 95.8 cm³/mol. The average Bonchev–Trinajstić information content (AvgIpc) is 2.44. The summed E-state index contributed by atoms with van der Waals surface area (Å²) in [4.78, 5) is 25.9. The number of ether oxygens (including phenoxy) is 2. The van der Waals surface area contributed by atoms with Crippen LogP contribution in [0.4, 0.5) is 4.79 Å². The molecule has 0 spiro atoms. The second kappa shape index (κ2) is 12.1. The van der Waals surface area contributed by atoms with Crippen LogP contribution in [0, 0.1) is 0 Å². The normalized spacial score (nSPS) is 12.8. The molecule has 1 amide bonds. The molecule has 0 aromatic rings. The van der Waals surface area contributed by atoms with Gasteiger partial charge >= 0.3 is 12.1 Å². The van der Waals surface area contributed by atoms with Crippen LogP contribution in [0.2, 0.25) is 0 Å². The number of alkyl carbamates (subject to hydrolysis) is 1. The Balaban J connectivity index is 4.73. The molecule has 0 saturated carbocycles. The quantitative estimate of drug-likeness (QED) is 0.457. The van der Waals surface area contributed by atoms with Crippen molar-refractivity contribution in [3.8, 4) is 0 Å². The van der Waals surface area contributed by atoms with Crippen LogP contribution in [0.5, 0.6) is 0 Å². The van der Waals surface area contributed by atoms with Crippen molar-refractivity contribution < 1.29 is 19.1 Å². The summed E-state index contributed by atoms with van der Waals surface area (Å²) in [5.41, 5.74) is -0.528. The van der Waals surface area contributed by atoms with Gasteiger partial charge in [-0.3, -0.25) is 9.69 Å². The van der Waals surface area contributed by atoms with Gasteiger partial charge in [0.05, 0.1) is 12.8 Å². The Morgan fingerprint density at radius 1 is 1.08 bits per heavy atom. The smallest absolute Gasteiger partial charge is 0.408 e. The maximum atomic E-state index is 12.1. The van der Waals surface area contributed by atoms with Crippen molar-refractivity contribution in [1.82, 2.24) is 10.2 Å². The molecule has 0 aromatic heterocycles. The molecule has 0 saturated heterocycles. The van der Waals surface area contributed by atoms with Crippen LogP contribution in [-0.4, -0.2) is 48.4 Å². The van der Waals surface area contributed by atoms with Gasteiger partial charge < -0.3 is 14.8 Å². The van der Waals surface area contributed by atoms with Crippen LogP contribution in [0.15, 0.2) is 0 Å². The van der Waals surface area contributed by atoms with Crippen LogP contribution in [-0.2, 0) is 14.3 Å². The van der Waals surface area contributed by atoms with E-state index in [9.17, 15) is 9.59 Å². The van der Waals surface area contributed by atoms with Crippen LogP contribution in [0.1, 0.15) is 73.6 Å². The summed E-state index contributed by atoms with van der Waals surface area (Å²) in [5.74, 6) is -0.189. The minimum Gasteiger partial charge on any atom is -0.466 e. The van der Waals surface area contributed by atoms with Crippen molar-refractivity contribution in [2.24, 2.45) is 0 Å². The van der Waals surface area contributed by atoms with E-state index in [4.69, 9.17) is 9.47 Å². The number of hydrogen-bond donors (Lipinski definition) is 1. The number of nitrogens with one attached hydrogen (secondary N) is 1. The SMILES string of the molecule is CCCN(CCC)C(CCCC(=O)OCC)NC(=O)OC(C)(C)C. The average molecular weight is 344 g/mol. The molecule has 1 atom stereocenters. The molecule has 6 heteroatoms. The van der Waals surface area contributed by atoms with Crippen LogP contribution in [0.25, 0.3) is 0 Å². The van der Waals surface area contributed by atoms with Gasteiger partial charge in [-0.25, -0.2) is 4.79 Å². The zero-order valence-corrected chi connectivity index (χ0v) is 16.3. The molecule has 1 unspecified atom stereocenters. The first-order valence-electron chi connectivity index (χ1n) is 9.12. The van der Waals surface area contributed by atoms with Gasteiger partial charge in [0.2, 0.25) is 0 Å². The predicted octanol–water partition coefficient (Wildman–Crippen LogP) is 3.69. The molecule has 0 aromatic carbocycles. The largest absolute Gasteiger partial charge is 0.466 e. The zero-order chi connectivity index (χ0) is 18.6. The summed E-state index contributed by atoms with van der Waals surface area (Å²) >= 11 is 0. The molecule has 0 bridgehead atoms. The highest BCUT2D eigenvalue weighted by atomic mass is 16.6. The molecule has 142 valence electrons. The lowest BCUT2D eigenvalue weighted by Gasteiger charge is -2.32. The highest BCUT2D eigenvalue weighted by Gasteiger charge is 2.23. The highest BCUT2D eigenvalue weighted by Crippen LogP contribution is 2.12. The topological polar surface area (TPSA) is 67.9 Å². The monoisotopic (exact) mass is 344 g/mol. The fourth-order valence-corrected chi connectivity index (χ4v) is 2.46. The summed E-state index contributed by atoms with van der Waals surface area (Å²) in [6, 6.07) is 0. The molecule has 0 radical (unpaired) electrons. The molecule has 1 N–H and O–H groups in total. The standard InChI is InChI=1S/C18H36N2O4/c1-7-13-20(14-8-2)15(11-10-12-16(21)23-9-3)19-17(22)24-18(4,5)6/h15H,7-14H2,1-6H3,(H,19,22). The third-order valence-corrected chi connectivity index (χ3v) is 3.31. The molecule has 0 aliphatic carbocycles. The van der Waals surface area contributed by atoms with E-state index in [0.29, 0.717) is 25.9 Å². The Morgan fingerprint density at radius 2 is 1.67 bits per heavy atom. The number of nitrogens with zero attached hydrogens (tertiary/aromatic N) is 1. The summed E-state index contributed by atoms with van der Waals surface area (Å²) < 4.78 is 10.3. The summed E-state index contributed by atoms with van der Waals surface area (Å²) in [6.45, 7) is 13.8. The van der Waals surface area contributed by atoms with Crippen molar-refractivity contribution in [3.63, 3.8) is 0 Å². The lowest BCUT2D eigenvalue weighted by Crippen LogP contribution is -2.50. The van der Waals surface area contributed by atoms with Gasteiger partial charge in [0.15, 0.2) is 0 Å². The van der Waals surface area contributed by atoms with Crippen LogP contribution in [0.3, 0.4) is 0 Å². The number of esters is 1. The van der Waals surface area contributed by atoms with E-state index in [-0.39, 0.29) is 12.1 Å². The van der Waals surface area contributed by atoms with E-state index >= 15 is 0 Å². The van der Waals surface area contributed by atoms with E-state index < -0.39 is 11.7 Å². The number of carbonyl (C=O) groups is 2. The molecule has 0 aliphatic heterocycles. The van der Waals surface area contributed by atoms with Gasteiger partial charge in [-0.05, 0) is 66.5 Å². The molecule has 0 fully saturated rings. The Hall–Kier alpha value is -1.30. The maximum absolute atomic E-state index is 12.1. The third kappa shape index (κ3) is 11.3. The minimum absolute atomic E-state index is 0.130. The molecule has 0 aliphatic rings. The first-order chi connectivity index (χ1) is 11.2. The fourth-order valence-electron chi connectivity index (χ4n) is 2.46. The maximum Gasteiger partial charge on any atom is 0.408 e. The molecule has 6 nitrogen and oxygen atoms in total. The Kier molecular flexibility index (Phi) is 11.5. The molecular formula is C18H36N2O4. The lowest BCUT2D eigenvalue weighted by atomic mass is 10.1. The van der Waals surface area contributed by atoms with Gasteiger partial charge in [0, 0.05) is 6.42 Å². The fraction of sp³-hybridized carbons (Fsp3) is 0.889. The number of amides is 1. The number of rotatable bonds is 11. The Bertz CT molecular complexity index is 361. The van der Waals surface area contributed by atoms with Crippen LogP contribution < -0.4 is 5.32 Å². The Morgan fingerprint density at radius 3 is 2.12 bits per heavy atom. The summed E-state index contributed by atoms with van der Waals surface area (Å²) in [6.07, 6.45) is 3.19. The van der Waals surface area contributed by atoms with Gasteiger partial charge in [-0.1, -0.05) is 13.8 Å². The number of carbonyl (C=O) groups excluding carboxylic acids is 2. The zero-order valence-electron chi connectivity index (χ0n) is 16.3. The highest BCUT2D eigenvalue weighted by molar-refractivity contribution is 5.69. The summed E-state index contributed by atoms with van der Waals surface area (Å²) in [7, 11) is 0. The van der Waals surface area contributed by atoms with E-state index in [2.05, 4.69) is 24.1 Å². The van der Waals surface area contributed by atoms with Crippen molar-refractivity contribution in [1.29, 1.82) is 0 Å². The van der Waals surface area contributed by atoms with Gasteiger partial charge in [0.1, 0.15) is 5.60 Å². The van der Waals surface area contributed by atoms with Gasteiger partial charge in [0.25, 0.3) is 0 Å². The first-order valence-corrected chi connectivity index (χ1v) is 9.12. The van der Waals surface area contributed by atoms with Gasteiger partial charge in [-0.15, -0.1) is 0 Å². The van der Waals surface area contributed by atoms with Crippen molar-refractivity contribution >= 4 is 12.1 Å². The molecular weight excluding hydrogens is 308 g/mol. The third-order valence-electron chi connectivity index (χ3n) is 3.31. The van der Waals surface area contributed by atoms with E-state index in [1.807, 2.05) is 20.8 Å². The van der Waals surface area contributed by atoms with Crippen molar-refractivity contribution in [2.45, 2.75) is 85.4 Å². The first kappa shape index (κ1) is 22.7. The second-order valence-electron chi connectivity index (χ2n) is 6.90. The van der Waals surface area contributed by atoms with E-state index in [1.54, 1.807) is 6.92 Å². The molecule has 0 rings (SSSR count). The van der Waals surface area contributed by atoms with Crippen LogP contribution >= 0.6 is 0 Å². The summed E-state index contributed by atoms with van der Waals surface area (Å²) in [5, 5.41) is 2.96. The minimum atomic E-state index is -0.528. The Labute approximate surface area is 147 Å². The second-order valence-corrected chi connectivity index (χ2v) is 6.90. The molecule has 0 heterocycles. The lowest BCUT2D eigenvalue weighted by molar-refractivity contribution is -0.143. The molecule has 24 heavy (non-hydrogen) atoms. The van der Waals surface area contributed by atoms with Crippen molar-refractivity contribution in [3.05, 3.63) is 0 Å². The van der Waals surface area contributed by atoms with Gasteiger partial charge in [-0.2, -0.15) is 0 Å².